The zero-order valence-electron chi connectivity index (χ0n) is 8.31. The number of benzene rings is 1. The summed E-state index contributed by atoms with van der Waals surface area (Å²) in [6.45, 7) is 0. The quantitative estimate of drug-likeness (QED) is 0.450. The minimum atomic E-state index is -2.16. The van der Waals surface area contributed by atoms with Crippen molar-refractivity contribution < 1.29 is 26.8 Å². The summed E-state index contributed by atoms with van der Waals surface area (Å²) >= 11 is 0. The minimum absolute atomic E-state index is 0.263. The van der Waals surface area contributed by atoms with Gasteiger partial charge in [0.1, 0.15) is 6.10 Å². The van der Waals surface area contributed by atoms with E-state index >= 15 is 0 Å². The van der Waals surface area contributed by atoms with E-state index in [1.54, 1.807) is 0 Å². The molecule has 1 unspecified atom stereocenters. The lowest BCUT2D eigenvalue weighted by molar-refractivity contribution is 0.0841. The van der Waals surface area contributed by atoms with Gasteiger partial charge in [-0.05, 0) is 0 Å². The number of rotatable bonds is 2. The molecular formula is C10H6F5NO. The van der Waals surface area contributed by atoms with Crippen molar-refractivity contribution in [2.75, 3.05) is 0 Å². The van der Waals surface area contributed by atoms with Gasteiger partial charge in [0.15, 0.2) is 23.3 Å². The van der Waals surface area contributed by atoms with Crippen LogP contribution in [-0.2, 0) is 11.3 Å². The SMILES string of the molecule is Fc1c(F)c(F)c(CC2CC=NO2)c(F)c1F. The molecule has 17 heavy (non-hydrogen) atoms. The first-order valence-corrected chi connectivity index (χ1v) is 4.70. The summed E-state index contributed by atoms with van der Waals surface area (Å²) in [6, 6.07) is 0. The van der Waals surface area contributed by atoms with E-state index in [1.807, 2.05) is 0 Å². The Bertz CT molecular complexity index is 451. The van der Waals surface area contributed by atoms with Crippen LogP contribution in [0.2, 0.25) is 0 Å². The summed E-state index contributed by atoms with van der Waals surface area (Å²) in [7, 11) is 0. The molecule has 1 heterocycles. The van der Waals surface area contributed by atoms with Crippen molar-refractivity contribution in [1.29, 1.82) is 0 Å². The Labute approximate surface area is 92.7 Å². The van der Waals surface area contributed by atoms with Crippen molar-refractivity contribution in [3.63, 3.8) is 0 Å². The van der Waals surface area contributed by atoms with Crippen molar-refractivity contribution in [3.8, 4) is 0 Å². The van der Waals surface area contributed by atoms with E-state index in [1.165, 1.54) is 6.21 Å². The normalized spacial score (nSPS) is 18.5. The molecule has 0 fully saturated rings. The molecular weight excluding hydrogens is 245 g/mol. The predicted molar refractivity (Wildman–Crippen MR) is 47.9 cm³/mol. The molecule has 0 spiro atoms. The summed E-state index contributed by atoms with van der Waals surface area (Å²) in [4.78, 5) is 4.67. The summed E-state index contributed by atoms with van der Waals surface area (Å²) in [5, 5.41) is 3.35. The van der Waals surface area contributed by atoms with Gasteiger partial charge in [-0.3, -0.25) is 0 Å². The maximum absolute atomic E-state index is 13.2. The highest BCUT2D eigenvalue weighted by Crippen LogP contribution is 2.25. The first kappa shape index (κ1) is 11.8. The van der Waals surface area contributed by atoms with Gasteiger partial charge in [-0.15, -0.1) is 0 Å². The van der Waals surface area contributed by atoms with Crippen LogP contribution in [0, 0.1) is 29.1 Å². The molecule has 2 rings (SSSR count). The van der Waals surface area contributed by atoms with Crippen LogP contribution in [-0.4, -0.2) is 12.3 Å². The van der Waals surface area contributed by atoms with Gasteiger partial charge in [-0.25, -0.2) is 22.0 Å². The Balaban J connectivity index is 2.39. The summed E-state index contributed by atoms with van der Waals surface area (Å²) in [6.07, 6.45) is 0.491. The van der Waals surface area contributed by atoms with Crippen LogP contribution in [0.5, 0.6) is 0 Å². The predicted octanol–water partition coefficient (Wildman–Crippen LogP) is 2.70. The third-order valence-electron chi connectivity index (χ3n) is 2.39. The molecule has 1 aromatic rings. The standard InChI is InChI=1S/C10H6F5NO/c11-6-5(3-4-1-2-16-17-4)7(12)9(14)10(15)8(6)13/h2,4H,1,3H2. The van der Waals surface area contributed by atoms with Gasteiger partial charge >= 0.3 is 0 Å². The molecule has 0 bridgehead atoms. The molecule has 7 heteroatoms. The zero-order chi connectivity index (χ0) is 12.6. The Hall–Kier alpha value is -1.66. The molecule has 0 radical (unpaired) electrons. The molecule has 0 amide bonds. The summed E-state index contributed by atoms with van der Waals surface area (Å²) in [5.74, 6) is -9.70. The molecule has 1 aliphatic heterocycles. The van der Waals surface area contributed by atoms with Crippen LogP contribution < -0.4 is 0 Å². The molecule has 1 atom stereocenters. The second-order valence-corrected chi connectivity index (χ2v) is 3.50. The molecule has 0 N–H and O–H groups in total. The van der Waals surface area contributed by atoms with Gasteiger partial charge in [-0.2, -0.15) is 0 Å². The van der Waals surface area contributed by atoms with E-state index < -0.39 is 47.2 Å². The number of oxime groups is 1. The van der Waals surface area contributed by atoms with Gasteiger partial charge in [-0.1, -0.05) is 5.16 Å². The van der Waals surface area contributed by atoms with Gasteiger partial charge in [0.25, 0.3) is 0 Å². The van der Waals surface area contributed by atoms with Crippen molar-refractivity contribution in [2.24, 2.45) is 5.16 Å². The average molecular weight is 251 g/mol. The molecule has 2 nitrogen and oxygen atoms in total. The van der Waals surface area contributed by atoms with Crippen LogP contribution in [0.3, 0.4) is 0 Å². The van der Waals surface area contributed by atoms with E-state index in [0.29, 0.717) is 0 Å². The lowest BCUT2D eigenvalue weighted by Gasteiger charge is -2.11. The summed E-state index contributed by atoms with van der Waals surface area (Å²) in [5.41, 5.74) is -0.878. The minimum Gasteiger partial charge on any atom is -0.392 e. The fraction of sp³-hybridized carbons (Fsp3) is 0.300. The lowest BCUT2D eigenvalue weighted by Crippen LogP contribution is -2.15. The molecule has 0 saturated carbocycles. The second kappa shape index (κ2) is 4.31. The Morgan fingerprint density at radius 3 is 2.00 bits per heavy atom. The third-order valence-corrected chi connectivity index (χ3v) is 2.39. The highest BCUT2D eigenvalue weighted by atomic mass is 19.2. The highest BCUT2D eigenvalue weighted by Gasteiger charge is 2.28. The molecule has 1 aliphatic rings. The second-order valence-electron chi connectivity index (χ2n) is 3.50. The Morgan fingerprint density at radius 1 is 1.00 bits per heavy atom. The smallest absolute Gasteiger partial charge is 0.200 e. The van der Waals surface area contributed by atoms with E-state index in [-0.39, 0.29) is 6.42 Å². The molecule has 0 saturated heterocycles. The zero-order valence-corrected chi connectivity index (χ0v) is 8.31. The molecule has 0 aromatic heterocycles. The number of halogens is 5. The van der Waals surface area contributed by atoms with E-state index in [4.69, 9.17) is 0 Å². The first-order valence-electron chi connectivity index (χ1n) is 4.70. The van der Waals surface area contributed by atoms with Gasteiger partial charge in [0, 0.05) is 24.6 Å². The lowest BCUT2D eigenvalue weighted by atomic mass is 10.0. The summed E-state index contributed by atoms with van der Waals surface area (Å²) < 4.78 is 64.9. The Morgan fingerprint density at radius 2 is 1.53 bits per heavy atom. The Kier molecular flexibility index (Phi) is 2.99. The van der Waals surface area contributed by atoms with Gasteiger partial charge < -0.3 is 4.84 Å². The number of hydrogen-bond donors (Lipinski definition) is 0. The van der Waals surface area contributed by atoms with Crippen LogP contribution in [0.25, 0.3) is 0 Å². The highest BCUT2D eigenvalue weighted by molar-refractivity contribution is 5.58. The van der Waals surface area contributed by atoms with Crippen molar-refractivity contribution in [2.45, 2.75) is 18.9 Å². The number of nitrogens with zero attached hydrogens (tertiary/aromatic N) is 1. The third kappa shape index (κ3) is 1.96. The average Bonchev–Trinajstić information content (AvgIpc) is 2.82. The van der Waals surface area contributed by atoms with E-state index in [0.717, 1.165) is 0 Å². The largest absolute Gasteiger partial charge is 0.392 e. The topological polar surface area (TPSA) is 21.6 Å². The maximum atomic E-state index is 13.2. The first-order chi connectivity index (χ1) is 8.02. The molecule has 1 aromatic carbocycles. The van der Waals surface area contributed by atoms with Crippen molar-refractivity contribution >= 4 is 6.21 Å². The van der Waals surface area contributed by atoms with Crippen LogP contribution in [0.4, 0.5) is 22.0 Å². The van der Waals surface area contributed by atoms with E-state index in [9.17, 15) is 22.0 Å². The maximum Gasteiger partial charge on any atom is 0.200 e. The van der Waals surface area contributed by atoms with Crippen LogP contribution >= 0.6 is 0 Å². The van der Waals surface area contributed by atoms with Crippen molar-refractivity contribution in [1.82, 2.24) is 0 Å². The van der Waals surface area contributed by atoms with Crippen LogP contribution in [0.15, 0.2) is 5.16 Å². The monoisotopic (exact) mass is 251 g/mol. The van der Waals surface area contributed by atoms with Crippen LogP contribution in [0.1, 0.15) is 12.0 Å². The van der Waals surface area contributed by atoms with E-state index in [2.05, 4.69) is 9.99 Å². The molecule has 0 aliphatic carbocycles. The van der Waals surface area contributed by atoms with Crippen molar-refractivity contribution in [3.05, 3.63) is 34.6 Å². The number of hydrogen-bond acceptors (Lipinski definition) is 2. The van der Waals surface area contributed by atoms with Gasteiger partial charge in [0.05, 0.1) is 0 Å². The molecule has 92 valence electrons. The van der Waals surface area contributed by atoms with Gasteiger partial charge in [0.2, 0.25) is 5.82 Å². The fourth-order valence-electron chi connectivity index (χ4n) is 1.51. The fourth-order valence-corrected chi connectivity index (χ4v) is 1.51.